The van der Waals surface area contributed by atoms with Crippen LogP contribution in [-0.4, -0.2) is 0 Å². The molecule has 2 aromatic rings. The Morgan fingerprint density at radius 3 is 2.44 bits per heavy atom. The van der Waals surface area contributed by atoms with Crippen molar-refractivity contribution in [1.29, 1.82) is 0 Å². The lowest BCUT2D eigenvalue weighted by molar-refractivity contribution is 0.493. The van der Waals surface area contributed by atoms with Crippen LogP contribution in [0.4, 0.5) is 5.69 Å². The van der Waals surface area contributed by atoms with Crippen LogP contribution in [0.25, 0.3) is 0 Å². The molecule has 0 spiro atoms. The quantitative estimate of drug-likeness (QED) is 0.763. The van der Waals surface area contributed by atoms with Crippen molar-refractivity contribution >= 4 is 28.3 Å². The molecule has 2 nitrogen and oxygen atoms in total. The number of hydrogen-bond acceptors (Lipinski definition) is 2. The predicted octanol–water partition coefficient (Wildman–Crippen LogP) is 5.01. The average Bonchev–Trinajstić information content (AvgIpc) is 2.82. The third-order valence-corrected chi connectivity index (χ3v) is 3.77. The second-order valence-electron chi connectivity index (χ2n) is 4.49. The second kappa shape index (κ2) is 6.27. The number of benzene rings is 1. The summed E-state index contributed by atoms with van der Waals surface area (Å²) in [6, 6.07) is 12.6. The Balaban J connectivity index is 1.94. The normalized spacial score (nSPS) is 12.4. The number of anilines is 1. The Hall–Kier alpha value is -0.970. The van der Waals surface area contributed by atoms with Crippen LogP contribution in [0.1, 0.15) is 37.5 Å². The summed E-state index contributed by atoms with van der Waals surface area (Å²) in [6.45, 7) is 5.20. The van der Waals surface area contributed by atoms with Crippen LogP contribution in [0.3, 0.4) is 0 Å². The van der Waals surface area contributed by atoms with E-state index in [0.717, 1.165) is 21.8 Å². The van der Waals surface area contributed by atoms with E-state index >= 15 is 0 Å². The largest absolute Gasteiger partial charge is 0.454 e. The monoisotopic (exact) mass is 355 g/mol. The number of hydrogen-bond donors (Lipinski definition) is 1. The highest BCUT2D eigenvalue weighted by atomic mass is 127. The van der Waals surface area contributed by atoms with Crippen molar-refractivity contribution in [3.05, 3.63) is 51.5 Å². The van der Waals surface area contributed by atoms with Gasteiger partial charge in [0.05, 0.1) is 6.54 Å². The molecule has 0 radical (unpaired) electrons. The topological polar surface area (TPSA) is 25.2 Å². The molecule has 0 saturated carbocycles. The Kier molecular flexibility index (Phi) is 4.69. The first kappa shape index (κ1) is 13.5. The van der Waals surface area contributed by atoms with Crippen LogP contribution in [0.2, 0.25) is 0 Å². The van der Waals surface area contributed by atoms with Gasteiger partial charge in [0.2, 0.25) is 0 Å². The summed E-state index contributed by atoms with van der Waals surface area (Å²) in [6.07, 6.45) is 1.18. The van der Waals surface area contributed by atoms with E-state index in [2.05, 4.69) is 66.0 Å². The smallest absolute Gasteiger partial charge is 0.164 e. The van der Waals surface area contributed by atoms with Gasteiger partial charge in [0.1, 0.15) is 5.76 Å². The van der Waals surface area contributed by atoms with Crippen LogP contribution < -0.4 is 5.32 Å². The predicted molar refractivity (Wildman–Crippen MR) is 83.9 cm³/mol. The lowest BCUT2D eigenvalue weighted by atomic mass is 9.99. The number of halogens is 1. The molecule has 0 aliphatic rings. The highest BCUT2D eigenvalue weighted by Gasteiger charge is 2.03. The molecule has 1 aromatic carbocycles. The average molecular weight is 355 g/mol. The molecule has 1 atom stereocenters. The third-order valence-electron chi connectivity index (χ3n) is 3.19. The minimum atomic E-state index is 0.630. The van der Waals surface area contributed by atoms with E-state index in [4.69, 9.17) is 4.42 Å². The fourth-order valence-electron chi connectivity index (χ4n) is 1.80. The van der Waals surface area contributed by atoms with Crippen LogP contribution in [0.15, 0.2) is 40.8 Å². The van der Waals surface area contributed by atoms with Crippen molar-refractivity contribution in [3.63, 3.8) is 0 Å². The van der Waals surface area contributed by atoms with Gasteiger partial charge in [-0.2, -0.15) is 0 Å². The zero-order chi connectivity index (χ0) is 13.0. The van der Waals surface area contributed by atoms with Crippen molar-refractivity contribution in [2.45, 2.75) is 32.7 Å². The fourth-order valence-corrected chi connectivity index (χ4v) is 2.26. The van der Waals surface area contributed by atoms with Gasteiger partial charge in [0, 0.05) is 5.69 Å². The Bertz CT molecular complexity index is 489. The highest BCUT2D eigenvalue weighted by Crippen LogP contribution is 2.21. The molecule has 18 heavy (non-hydrogen) atoms. The van der Waals surface area contributed by atoms with Crippen molar-refractivity contribution in [2.24, 2.45) is 0 Å². The van der Waals surface area contributed by atoms with Gasteiger partial charge in [-0.25, -0.2) is 0 Å². The lowest BCUT2D eigenvalue weighted by Gasteiger charge is -2.10. The molecule has 96 valence electrons. The summed E-state index contributed by atoms with van der Waals surface area (Å²) in [7, 11) is 0. The summed E-state index contributed by atoms with van der Waals surface area (Å²) in [4.78, 5) is 0. The van der Waals surface area contributed by atoms with Crippen molar-refractivity contribution in [1.82, 2.24) is 0 Å². The van der Waals surface area contributed by atoms with Gasteiger partial charge in [-0.3, -0.25) is 0 Å². The SMILES string of the molecule is CCC(C)c1ccc(NCc2ccc(I)o2)cc1. The standard InChI is InChI=1S/C15H18INO/c1-3-11(2)12-4-6-13(7-5-12)17-10-14-8-9-15(16)18-14/h4-9,11,17H,3,10H2,1-2H3. The van der Waals surface area contributed by atoms with Crippen molar-refractivity contribution in [2.75, 3.05) is 5.32 Å². The summed E-state index contributed by atoms with van der Waals surface area (Å²) in [5.41, 5.74) is 2.53. The van der Waals surface area contributed by atoms with E-state index in [1.54, 1.807) is 0 Å². The molecule has 1 N–H and O–H groups in total. The molecule has 0 aliphatic heterocycles. The lowest BCUT2D eigenvalue weighted by Crippen LogP contribution is -1.98. The maximum absolute atomic E-state index is 5.51. The molecule has 0 bridgehead atoms. The molecule has 2 rings (SSSR count). The van der Waals surface area contributed by atoms with Gasteiger partial charge < -0.3 is 9.73 Å². The van der Waals surface area contributed by atoms with E-state index in [-0.39, 0.29) is 0 Å². The van der Waals surface area contributed by atoms with Crippen LogP contribution in [0.5, 0.6) is 0 Å². The van der Waals surface area contributed by atoms with Gasteiger partial charge in [-0.15, -0.1) is 0 Å². The molecule has 0 aliphatic carbocycles. The van der Waals surface area contributed by atoms with Crippen molar-refractivity contribution < 1.29 is 4.42 Å². The van der Waals surface area contributed by atoms with Gasteiger partial charge in [-0.05, 0) is 64.8 Å². The highest BCUT2D eigenvalue weighted by molar-refractivity contribution is 14.1. The van der Waals surface area contributed by atoms with Gasteiger partial charge in [0.25, 0.3) is 0 Å². The molecule has 1 aromatic heterocycles. The molecule has 3 heteroatoms. The first-order chi connectivity index (χ1) is 8.69. The molecule has 0 saturated heterocycles. The zero-order valence-corrected chi connectivity index (χ0v) is 12.9. The Morgan fingerprint density at radius 1 is 1.17 bits per heavy atom. The summed E-state index contributed by atoms with van der Waals surface area (Å²) < 4.78 is 6.44. The minimum absolute atomic E-state index is 0.630. The third kappa shape index (κ3) is 3.51. The molecule has 0 fully saturated rings. The first-order valence-corrected chi connectivity index (χ1v) is 7.35. The van der Waals surface area contributed by atoms with E-state index in [1.165, 1.54) is 12.0 Å². The second-order valence-corrected chi connectivity index (χ2v) is 5.55. The van der Waals surface area contributed by atoms with E-state index in [9.17, 15) is 0 Å². The maximum atomic E-state index is 5.51. The fraction of sp³-hybridized carbons (Fsp3) is 0.333. The molecule has 0 amide bonds. The maximum Gasteiger partial charge on any atom is 0.164 e. The van der Waals surface area contributed by atoms with Crippen LogP contribution in [-0.2, 0) is 6.54 Å². The zero-order valence-electron chi connectivity index (χ0n) is 10.7. The van der Waals surface area contributed by atoms with E-state index < -0.39 is 0 Å². The van der Waals surface area contributed by atoms with Gasteiger partial charge in [-0.1, -0.05) is 26.0 Å². The molecule has 1 unspecified atom stereocenters. The Labute approximate surface area is 122 Å². The van der Waals surface area contributed by atoms with E-state index in [0.29, 0.717) is 5.92 Å². The molecular weight excluding hydrogens is 337 g/mol. The van der Waals surface area contributed by atoms with Crippen LogP contribution >= 0.6 is 22.6 Å². The Morgan fingerprint density at radius 2 is 1.89 bits per heavy atom. The number of nitrogens with one attached hydrogen (secondary N) is 1. The first-order valence-electron chi connectivity index (χ1n) is 6.27. The van der Waals surface area contributed by atoms with Gasteiger partial charge >= 0.3 is 0 Å². The van der Waals surface area contributed by atoms with Gasteiger partial charge in [0.15, 0.2) is 3.77 Å². The summed E-state index contributed by atoms with van der Waals surface area (Å²) in [5.74, 6) is 1.59. The van der Waals surface area contributed by atoms with Crippen LogP contribution in [0, 0.1) is 3.77 Å². The van der Waals surface area contributed by atoms with Crippen molar-refractivity contribution in [3.8, 4) is 0 Å². The molecular formula is C15H18INO. The minimum Gasteiger partial charge on any atom is -0.454 e. The summed E-state index contributed by atoms with van der Waals surface area (Å²) >= 11 is 2.18. The number of furan rings is 1. The van der Waals surface area contributed by atoms with E-state index in [1.807, 2.05) is 12.1 Å². The molecule has 1 heterocycles. The number of rotatable bonds is 5. The summed E-state index contributed by atoms with van der Waals surface area (Å²) in [5, 5.41) is 3.36.